The lowest BCUT2D eigenvalue weighted by atomic mass is 10.1. The highest BCUT2D eigenvalue weighted by Gasteiger charge is 2.23. The Morgan fingerprint density at radius 1 is 1.38 bits per heavy atom. The Hall–Kier alpha value is -0.810. The Morgan fingerprint density at radius 2 is 2.19 bits per heavy atom. The number of nitrogens with zero attached hydrogens (tertiary/aromatic N) is 2. The van der Waals surface area contributed by atoms with Crippen molar-refractivity contribution in [2.45, 2.75) is 25.9 Å². The van der Waals surface area contributed by atoms with Crippen LogP contribution < -0.4 is 4.74 Å². The highest BCUT2D eigenvalue weighted by atomic mass is 35.5. The number of benzene rings is 1. The third-order valence-corrected chi connectivity index (χ3v) is 4.23. The maximum atomic E-state index is 9.40. The van der Waals surface area contributed by atoms with Gasteiger partial charge in [-0.25, -0.2) is 0 Å². The van der Waals surface area contributed by atoms with E-state index in [4.69, 9.17) is 16.3 Å². The molecule has 2 rings (SSSR count). The second-order valence-corrected chi connectivity index (χ2v) is 6.07. The molecule has 21 heavy (non-hydrogen) atoms. The summed E-state index contributed by atoms with van der Waals surface area (Å²) in [5.41, 5.74) is 1.19. The molecule has 0 amide bonds. The van der Waals surface area contributed by atoms with Gasteiger partial charge in [-0.1, -0.05) is 24.6 Å². The summed E-state index contributed by atoms with van der Waals surface area (Å²) < 4.78 is 5.59. The van der Waals surface area contributed by atoms with Gasteiger partial charge in [-0.05, 0) is 31.2 Å². The zero-order chi connectivity index (χ0) is 15.2. The molecule has 1 heterocycles. The maximum Gasteiger partial charge on any atom is 0.137 e. The molecule has 0 radical (unpaired) electrons. The van der Waals surface area contributed by atoms with Crippen molar-refractivity contribution in [1.82, 2.24) is 9.80 Å². The van der Waals surface area contributed by atoms with Gasteiger partial charge in [0.2, 0.25) is 0 Å². The first-order valence-corrected chi connectivity index (χ1v) is 7.96. The molecule has 118 valence electrons. The van der Waals surface area contributed by atoms with Crippen LogP contribution in [0.1, 0.15) is 18.9 Å². The van der Waals surface area contributed by atoms with Crippen LogP contribution in [0.5, 0.6) is 5.75 Å². The van der Waals surface area contributed by atoms with Crippen LogP contribution in [0.4, 0.5) is 0 Å². The number of hydrogen-bond donors (Lipinski definition) is 1. The fraction of sp³-hybridized carbons (Fsp3) is 0.625. The highest BCUT2D eigenvalue weighted by molar-refractivity contribution is 6.32. The molecule has 4 nitrogen and oxygen atoms in total. The van der Waals surface area contributed by atoms with Crippen molar-refractivity contribution < 1.29 is 9.84 Å². The predicted molar refractivity (Wildman–Crippen MR) is 86.0 cm³/mol. The first-order valence-electron chi connectivity index (χ1n) is 7.58. The van der Waals surface area contributed by atoms with E-state index in [0.717, 1.165) is 38.3 Å². The number of piperazine rings is 1. The molecule has 1 aliphatic rings. The maximum absolute atomic E-state index is 9.40. The Morgan fingerprint density at radius 3 is 2.86 bits per heavy atom. The average molecular weight is 313 g/mol. The monoisotopic (exact) mass is 312 g/mol. The largest absolute Gasteiger partial charge is 0.492 e. The van der Waals surface area contributed by atoms with Gasteiger partial charge in [0.25, 0.3) is 0 Å². The lowest BCUT2D eigenvalue weighted by Crippen LogP contribution is -2.52. The Bertz CT molecular complexity index is 456. The lowest BCUT2D eigenvalue weighted by Gasteiger charge is -2.38. The number of aliphatic hydroxyl groups excluding tert-OH is 1. The van der Waals surface area contributed by atoms with Gasteiger partial charge in [-0.15, -0.1) is 0 Å². The smallest absolute Gasteiger partial charge is 0.137 e. The molecule has 0 aromatic heterocycles. The van der Waals surface area contributed by atoms with Gasteiger partial charge < -0.3 is 9.84 Å². The minimum absolute atomic E-state index is 0.206. The fourth-order valence-electron chi connectivity index (χ4n) is 2.58. The number of aliphatic hydroxyl groups is 1. The summed E-state index contributed by atoms with van der Waals surface area (Å²) in [6.07, 6.45) is 0.974. The molecule has 1 atom stereocenters. The summed E-state index contributed by atoms with van der Waals surface area (Å²) in [5.74, 6) is 0.758. The average Bonchev–Trinajstić information content (AvgIpc) is 2.48. The van der Waals surface area contributed by atoms with Crippen LogP contribution >= 0.6 is 11.6 Å². The predicted octanol–water partition coefficient (Wildman–Crippen LogP) is 2.24. The van der Waals surface area contributed by atoms with Crippen LogP contribution in [0.25, 0.3) is 0 Å². The van der Waals surface area contributed by atoms with E-state index in [-0.39, 0.29) is 12.6 Å². The van der Waals surface area contributed by atoms with Crippen LogP contribution in [-0.2, 0) is 6.54 Å². The summed E-state index contributed by atoms with van der Waals surface area (Å²) in [7, 11) is 2.06. The summed E-state index contributed by atoms with van der Waals surface area (Å²) in [6.45, 7) is 6.71. The molecular formula is C16H25ClN2O2. The van der Waals surface area contributed by atoms with E-state index in [0.29, 0.717) is 11.6 Å². The number of rotatable bonds is 6. The van der Waals surface area contributed by atoms with Crippen LogP contribution in [0, 0.1) is 0 Å². The standard InChI is InChI=1S/C16H25ClN2O2/c1-3-8-21-16-5-4-13(9-15(16)17)10-19-7-6-18(2)14(11-19)12-20/h4-5,9,14,20H,3,6-8,10-12H2,1-2H3/t14-/m1/s1. The summed E-state index contributed by atoms with van der Waals surface area (Å²) >= 11 is 6.27. The molecule has 0 saturated carbocycles. The molecule has 0 spiro atoms. The van der Waals surface area contributed by atoms with Crippen LogP contribution in [0.15, 0.2) is 18.2 Å². The van der Waals surface area contributed by atoms with Gasteiger partial charge in [-0.3, -0.25) is 9.80 Å². The summed E-state index contributed by atoms with van der Waals surface area (Å²) in [5, 5.41) is 10.1. The van der Waals surface area contributed by atoms with Crippen molar-refractivity contribution >= 4 is 11.6 Å². The van der Waals surface area contributed by atoms with Gasteiger partial charge in [0, 0.05) is 32.2 Å². The SMILES string of the molecule is CCCOc1ccc(CN2CCN(C)[C@@H](CO)C2)cc1Cl. The normalized spacial score (nSPS) is 20.7. The molecule has 1 fully saturated rings. The molecule has 5 heteroatoms. The molecule has 0 unspecified atom stereocenters. The van der Waals surface area contributed by atoms with Gasteiger partial charge in [0.1, 0.15) is 5.75 Å². The molecule has 0 aliphatic carbocycles. The molecule has 1 aromatic rings. The molecule has 1 aromatic carbocycles. The molecule has 0 bridgehead atoms. The van der Waals surface area contributed by atoms with Crippen molar-refractivity contribution in [2.24, 2.45) is 0 Å². The second-order valence-electron chi connectivity index (χ2n) is 5.67. The van der Waals surface area contributed by atoms with E-state index < -0.39 is 0 Å². The van der Waals surface area contributed by atoms with E-state index in [1.54, 1.807) is 0 Å². The number of hydrogen-bond acceptors (Lipinski definition) is 4. The van der Waals surface area contributed by atoms with Crippen molar-refractivity contribution in [3.05, 3.63) is 28.8 Å². The quantitative estimate of drug-likeness (QED) is 0.874. The first kappa shape index (κ1) is 16.6. The van der Waals surface area contributed by atoms with Crippen molar-refractivity contribution in [3.63, 3.8) is 0 Å². The summed E-state index contributed by atoms with van der Waals surface area (Å²) in [4.78, 5) is 4.57. The van der Waals surface area contributed by atoms with E-state index >= 15 is 0 Å². The third-order valence-electron chi connectivity index (χ3n) is 3.94. The molecular weight excluding hydrogens is 288 g/mol. The van der Waals surface area contributed by atoms with Crippen molar-refractivity contribution in [2.75, 3.05) is 39.9 Å². The number of ether oxygens (including phenoxy) is 1. The zero-order valence-corrected chi connectivity index (χ0v) is 13.6. The van der Waals surface area contributed by atoms with Gasteiger partial charge in [-0.2, -0.15) is 0 Å². The fourth-order valence-corrected chi connectivity index (χ4v) is 2.84. The van der Waals surface area contributed by atoms with E-state index in [2.05, 4.69) is 29.8 Å². The zero-order valence-electron chi connectivity index (χ0n) is 12.9. The molecule has 1 aliphatic heterocycles. The second kappa shape index (κ2) is 7.99. The Labute approximate surface area is 132 Å². The highest BCUT2D eigenvalue weighted by Crippen LogP contribution is 2.26. The van der Waals surface area contributed by atoms with E-state index in [1.807, 2.05) is 12.1 Å². The minimum Gasteiger partial charge on any atom is -0.492 e. The van der Waals surface area contributed by atoms with E-state index in [1.165, 1.54) is 5.56 Å². The van der Waals surface area contributed by atoms with Crippen LogP contribution in [-0.4, -0.2) is 60.8 Å². The first-order chi connectivity index (χ1) is 10.1. The Balaban J connectivity index is 1.95. The topological polar surface area (TPSA) is 35.9 Å². The van der Waals surface area contributed by atoms with Crippen molar-refractivity contribution in [1.29, 1.82) is 0 Å². The van der Waals surface area contributed by atoms with Gasteiger partial charge >= 0.3 is 0 Å². The van der Waals surface area contributed by atoms with Gasteiger partial charge in [0.05, 0.1) is 18.2 Å². The minimum atomic E-state index is 0.206. The third kappa shape index (κ3) is 4.58. The lowest BCUT2D eigenvalue weighted by molar-refractivity contribution is 0.0540. The van der Waals surface area contributed by atoms with E-state index in [9.17, 15) is 5.11 Å². The summed E-state index contributed by atoms with van der Waals surface area (Å²) in [6, 6.07) is 6.23. The van der Waals surface area contributed by atoms with Crippen LogP contribution in [0.2, 0.25) is 5.02 Å². The molecule has 1 N–H and O–H groups in total. The van der Waals surface area contributed by atoms with Crippen molar-refractivity contribution in [3.8, 4) is 5.75 Å². The molecule has 1 saturated heterocycles. The van der Waals surface area contributed by atoms with Gasteiger partial charge in [0.15, 0.2) is 0 Å². The van der Waals surface area contributed by atoms with Crippen LogP contribution in [0.3, 0.4) is 0 Å². The Kier molecular flexibility index (Phi) is 6.30. The number of likely N-dealkylation sites (N-methyl/N-ethyl adjacent to an activating group) is 1. The number of halogens is 1.